The van der Waals surface area contributed by atoms with Crippen molar-refractivity contribution in [3.05, 3.63) is 71.4 Å². The lowest BCUT2D eigenvalue weighted by Crippen LogP contribution is -2.50. The number of methoxy groups -OCH3 is 1. The van der Waals surface area contributed by atoms with Crippen LogP contribution in [0, 0.1) is 23.2 Å². The molecule has 2 fully saturated rings. The molecule has 2 aromatic carbocycles. The molecule has 0 bridgehead atoms. The van der Waals surface area contributed by atoms with Crippen molar-refractivity contribution in [2.24, 2.45) is 11.8 Å². The maximum atomic E-state index is 15.2. The van der Waals surface area contributed by atoms with Crippen molar-refractivity contribution in [3.63, 3.8) is 0 Å². The minimum absolute atomic E-state index is 0.00861. The zero-order valence-electron chi connectivity index (χ0n) is 30.9. The lowest BCUT2D eigenvalue weighted by Gasteiger charge is -2.41. The lowest BCUT2D eigenvalue weighted by molar-refractivity contribution is -0.132. The third-order valence-corrected chi connectivity index (χ3v) is 12.4. The van der Waals surface area contributed by atoms with E-state index in [1.165, 1.54) is 55.8 Å². The van der Waals surface area contributed by atoms with Crippen LogP contribution < -0.4 is 18.5 Å². The number of anilines is 1. The van der Waals surface area contributed by atoms with Crippen molar-refractivity contribution in [1.29, 1.82) is 5.26 Å². The average molecular weight is 746 g/mol. The molecule has 282 valence electrons. The Morgan fingerprint density at radius 2 is 1.64 bits per heavy atom. The van der Waals surface area contributed by atoms with E-state index in [0.29, 0.717) is 41.0 Å². The van der Waals surface area contributed by atoms with Crippen molar-refractivity contribution in [2.75, 3.05) is 50.8 Å². The fourth-order valence-electron chi connectivity index (χ4n) is 7.85. The number of benzene rings is 2. The molecule has 53 heavy (non-hydrogen) atoms. The van der Waals surface area contributed by atoms with Crippen LogP contribution in [0.15, 0.2) is 59.6 Å². The number of piperidine rings is 2. The number of carbonyl (C=O) groups is 2. The summed E-state index contributed by atoms with van der Waals surface area (Å²) >= 11 is 0. The summed E-state index contributed by atoms with van der Waals surface area (Å²) in [5.41, 5.74) is -2.32. The van der Waals surface area contributed by atoms with E-state index in [0.717, 1.165) is 38.8 Å². The monoisotopic (exact) mass is 745 g/mol. The van der Waals surface area contributed by atoms with Gasteiger partial charge < -0.3 is 28.7 Å². The maximum Gasteiger partial charge on any atom is 0.411 e. The van der Waals surface area contributed by atoms with E-state index in [4.69, 9.17) is 18.9 Å². The maximum absolute atomic E-state index is 15.2. The summed E-state index contributed by atoms with van der Waals surface area (Å²) in [7, 11) is -3.30. The van der Waals surface area contributed by atoms with Crippen LogP contribution in [0.5, 0.6) is 17.4 Å². The van der Waals surface area contributed by atoms with E-state index in [2.05, 4.69) is 29.8 Å². The first-order chi connectivity index (χ1) is 25.5. The number of rotatable bonds is 11. The summed E-state index contributed by atoms with van der Waals surface area (Å²) < 4.78 is 53.4. The van der Waals surface area contributed by atoms with Gasteiger partial charge in [0.1, 0.15) is 16.4 Å². The fraction of sp³-hybridized carbons (Fsp3) is 0.487. The Labute approximate surface area is 311 Å². The van der Waals surface area contributed by atoms with Crippen molar-refractivity contribution in [1.82, 2.24) is 14.8 Å². The van der Waals surface area contributed by atoms with E-state index in [1.54, 1.807) is 24.8 Å². The van der Waals surface area contributed by atoms with E-state index in [-0.39, 0.29) is 52.1 Å². The number of pyridine rings is 1. The number of ether oxygens (including phenoxy) is 4. The van der Waals surface area contributed by atoms with Crippen LogP contribution in [0.1, 0.15) is 70.1 Å². The minimum Gasteiger partial charge on any atom is -0.497 e. The van der Waals surface area contributed by atoms with Crippen molar-refractivity contribution >= 4 is 27.7 Å². The molecular formula is C39H47N5O8S. The first-order valence-corrected chi connectivity index (χ1v) is 19.7. The molecule has 1 aromatic heterocycles. The number of likely N-dealkylation sites (tertiary alicyclic amines) is 2. The molecule has 0 saturated carbocycles. The second-order valence-electron chi connectivity index (χ2n) is 13.8. The topological polar surface area (TPSA) is 152 Å². The minimum atomic E-state index is -4.74. The predicted octanol–water partition coefficient (Wildman–Crippen LogP) is 5.71. The first-order valence-electron chi connectivity index (χ1n) is 18.3. The summed E-state index contributed by atoms with van der Waals surface area (Å²) in [6.07, 6.45) is 4.48. The molecule has 1 atom stereocenters. The third kappa shape index (κ3) is 7.00. The molecule has 0 radical (unpaired) electrons. The number of hydrogen-bond donors (Lipinski definition) is 0. The van der Waals surface area contributed by atoms with Crippen LogP contribution in [0.2, 0.25) is 0 Å². The van der Waals surface area contributed by atoms with Crippen molar-refractivity contribution < 1.29 is 37.0 Å². The lowest BCUT2D eigenvalue weighted by atomic mass is 9.78. The van der Waals surface area contributed by atoms with Gasteiger partial charge >= 0.3 is 6.09 Å². The number of amides is 2. The Morgan fingerprint density at radius 1 is 0.962 bits per heavy atom. The quantitative estimate of drug-likeness (QED) is 0.238. The van der Waals surface area contributed by atoms with Gasteiger partial charge in [-0.25, -0.2) is 18.2 Å². The smallest absolute Gasteiger partial charge is 0.411 e. The number of sulfonamides is 1. The van der Waals surface area contributed by atoms with E-state index < -0.39 is 27.6 Å². The van der Waals surface area contributed by atoms with Gasteiger partial charge in [-0.15, -0.1) is 0 Å². The standard InChI is InChI=1S/C39H47N5O8S/c1-6-50-34-24-30(49-5)11-13-35(34)53(47,48)44-33-12-10-27(25-40)23-32(33)39(37(44)45,31-9-8-18-41-36(31)51-7-2)52-38(46)43-21-16-29(17-22-43)28-14-19-42(20-15-28)26(3)4/h8-13,18,23-24,26,28-29H,6-7,14-17,19-22H2,1-5H3. The van der Waals surface area contributed by atoms with Gasteiger partial charge in [-0.1, -0.05) is 0 Å². The number of nitriles is 1. The molecule has 2 amide bonds. The van der Waals surface area contributed by atoms with Gasteiger partial charge in [0, 0.05) is 37.0 Å². The van der Waals surface area contributed by atoms with Gasteiger partial charge in [-0.2, -0.15) is 9.57 Å². The first kappa shape index (κ1) is 37.9. The highest BCUT2D eigenvalue weighted by molar-refractivity contribution is 7.93. The van der Waals surface area contributed by atoms with Gasteiger partial charge in [-0.05, 0) is 121 Å². The van der Waals surface area contributed by atoms with E-state index >= 15 is 4.79 Å². The Bertz CT molecular complexity index is 1980. The van der Waals surface area contributed by atoms with Crippen LogP contribution in [0.25, 0.3) is 0 Å². The van der Waals surface area contributed by atoms with Crippen LogP contribution in [0.3, 0.4) is 0 Å². The average Bonchev–Trinajstić information content (AvgIpc) is 3.42. The van der Waals surface area contributed by atoms with E-state index in [1.807, 2.05) is 0 Å². The molecule has 13 nitrogen and oxygen atoms in total. The number of fused-ring (bicyclic) bond motifs is 1. The Hall–Kier alpha value is -4.87. The molecule has 1 unspecified atom stereocenters. The van der Waals surface area contributed by atoms with Crippen LogP contribution in [0.4, 0.5) is 10.5 Å². The molecule has 0 aliphatic carbocycles. The summed E-state index contributed by atoms with van der Waals surface area (Å²) in [6, 6.07) is 14.0. The highest BCUT2D eigenvalue weighted by Crippen LogP contribution is 2.52. The number of hydrogen-bond acceptors (Lipinski definition) is 11. The normalized spacial score (nSPS) is 19.9. The number of aromatic nitrogens is 1. The fourth-order valence-corrected chi connectivity index (χ4v) is 9.42. The summed E-state index contributed by atoms with van der Waals surface area (Å²) in [5, 5.41) is 9.97. The van der Waals surface area contributed by atoms with Gasteiger partial charge in [-0.3, -0.25) is 4.79 Å². The zero-order valence-corrected chi connectivity index (χ0v) is 31.7. The number of carbonyl (C=O) groups excluding carboxylic acids is 2. The SMILES string of the molecule is CCOc1cc(OC)ccc1S(=O)(=O)N1C(=O)C(OC(=O)N2CCC(C3CCN(C(C)C)CC3)CC2)(c2cccnc2OCC)c2cc(C#N)ccc21. The van der Waals surface area contributed by atoms with Gasteiger partial charge in [0.05, 0.1) is 43.2 Å². The molecular weight excluding hydrogens is 699 g/mol. The van der Waals surface area contributed by atoms with Crippen LogP contribution in [-0.4, -0.2) is 87.7 Å². The summed E-state index contributed by atoms with van der Waals surface area (Å²) in [5.74, 6) is 0.249. The van der Waals surface area contributed by atoms with Gasteiger partial charge in [0.25, 0.3) is 21.5 Å². The largest absolute Gasteiger partial charge is 0.497 e. The summed E-state index contributed by atoms with van der Waals surface area (Å²) in [6.45, 7) is 11.1. The Morgan fingerprint density at radius 3 is 2.26 bits per heavy atom. The second-order valence-corrected chi connectivity index (χ2v) is 15.5. The molecule has 3 aliphatic rings. The van der Waals surface area contributed by atoms with E-state index in [9.17, 15) is 18.5 Å². The zero-order chi connectivity index (χ0) is 37.9. The molecule has 6 rings (SSSR count). The molecule has 3 aromatic rings. The number of nitrogens with zero attached hydrogens (tertiary/aromatic N) is 5. The van der Waals surface area contributed by atoms with Gasteiger partial charge in [0.15, 0.2) is 0 Å². The molecule has 3 aliphatic heterocycles. The predicted molar refractivity (Wildman–Crippen MR) is 196 cm³/mol. The van der Waals surface area contributed by atoms with Gasteiger partial charge in [0.2, 0.25) is 5.88 Å². The van der Waals surface area contributed by atoms with Crippen molar-refractivity contribution in [3.8, 4) is 23.4 Å². The van der Waals surface area contributed by atoms with Crippen LogP contribution >= 0.6 is 0 Å². The molecule has 0 spiro atoms. The highest BCUT2D eigenvalue weighted by Gasteiger charge is 2.61. The molecule has 4 heterocycles. The van der Waals surface area contributed by atoms with Crippen LogP contribution in [-0.2, 0) is 25.2 Å². The highest BCUT2D eigenvalue weighted by atomic mass is 32.2. The summed E-state index contributed by atoms with van der Waals surface area (Å²) in [4.78, 5) is 37.7. The molecule has 14 heteroatoms. The molecule has 0 N–H and O–H groups in total. The third-order valence-electron chi connectivity index (χ3n) is 10.6. The van der Waals surface area contributed by atoms with Crippen molar-refractivity contribution in [2.45, 2.75) is 69.9 Å². The Balaban J connectivity index is 1.41. The Kier molecular flexibility index (Phi) is 11.2. The molecule has 2 saturated heterocycles. The second kappa shape index (κ2) is 15.6.